The Balaban J connectivity index is 2.83. The fourth-order valence-electron chi connectivity index (χ4n) is 1.97. The summed E-state index contributed by atoms with van der Waals surface area (Å²) in [5, 5.41) is 8.78. The number of aliphatic hydroxyl groups excluding tert-OH is 1. The van der Waals surface area contributed by atoms with Crippen molar-refractivity contribution in [1.82, 2.24) is 4.90 Å². The highest BCUT2D eigenvalue weighted by molar-refractivity contribution is 5.75. The summed E-state index contributed by atoms with van der Waals surface area (Å²) >= 11 is 0. The maximum Gasteiger partial charge on any atom is 0.224 e. The molecule has 1 amide bonds. The number of rotatable bonds is 4. The highest BCUT2D eigenvalue weighted by Crippen LogP contribution is 2.24. The van der Waals surface area contributed by atoms with Gasteiger partial charge in [-0.2, -0.15) is 0 Å². The molecule has 106 valence electrons. The van der Waals surface area contributed by atoms with Gasteiger partial charge in [-0.3, -0.25) is 4.79 Å². The Kier molecular flexibility index (Phi) is 5.12. The van der Waals surface area contributed by atoms with Crippen LogP contribution in [-0.2, 0) is 16.8 Å². The molecule has 19 heavy (non-hydrogen) atoms. The topological polar surface area (TPSA) is 40.5 Å². The fourth-order valence-corrected chi connectivity index (χ4v) is 1.97. The molecule has 0 saturated heterocycles. The van der Waals surface area contributed by atoms with Crippen LogP contribution >= 0.6 is 0 Å². The second-order valence-electron chi connectivity index (χ2n) is 6.11. The van der Waals surface area contributed by atoms with Crippen LogP contribution in [0.25, 0.3) is 0 Å². The molecule has 0 unspecified atom stereocenters. The van der Waals surface area contributed by atoms with E-state index in [1.165, 1.54) is 11.1 Å². The summed E-state index contributed by atoms with van der Waals surface area (Å²) in [6.07, 6.45) is 0.190. The summed E-state index contributed by atoms with van der Waals surface area (Å²) < 4.78 is 0. The average Bonchev–Trinajstić information content (AvgIpc) is 2.30. The number of carbonyl (C=O) groups is 1. The first-order chi connectivity index (χ1) is 8.75. The lowest BCUT2D eigenvalue weighted by molar-refractivity contribution is -0.131. The third-order valence-electron chi connectivity index (χ3n) is 3.37. The van der Waals surface area contributed by atoms with Crippen molar-refractivity contribution >= 4 is 5.91 Å². The number of aryl methyl sites for hydroxylation is 1. The molecule has 3 nitrogen and oxygen atoms in total. The van der Waals surface area contributed by atoms with Gasteiger partial charge in [-0.15, -0.1) is 0 Å². The Bertz CT molecular complexity index is 447. The summed E-state index contributed by atoms with van der Waals surface area (Å²) in [4.78, 5) is 13.3. The summed E-state index contributed by atoms with van der Waals surface area (Å²) in [6.45, 7) is 9.16. The molecule has 0 aliphatic carbocycles. The van der Waals surface area contributed by atoms with Crippen molar-refractivity contribution in [2.75, 3.05) is 13.7 Å². The lowest BCUT2D eigenvalue weighted by atomic mass is 9.85. The normalized spacial score (nSPS) is 11.5. The van der Waals surface area contributed by atoms with E-state index in [-0.39, 0.29) is 24.3 Å². The molecule has 0 aromatic heterocycles. The summed E-state index contributed by atoms with van der Waals surface area (Å²) in [6, 6.07) is 6.42. The van der Waals surface area contributed by atoms with Crippen molar-refractivity contribution in [2.45, 2.75) is 46.1 Å². The Labute approximate surface area is 116 Å². The van der Waals surface area contributed by atoms with Crippen molar-refractivity contribution in [3.8, 4) is 0 Å². The molecule has 0 spiro atoms. The van der Waals surface area contributed by atoms with Crippen LogP contribution in [0.4, 0.5) is 0 Å². The zero-order valence-corrected chi connectivity index (χ0v) is 12.7. The van der Waals surface area contributed by atoms with Gasteiger partial charge in [0, 0.05) is 20.0 Å². The molecule has 0 atom stereocenters. The van der Waals surface area contributed by atoms with E-state index in [0.29, 0.717) is 6.54 Å². The van der Waals surface area contributed by atoms with Gasteiger partial charge in [0.1, 0.15) is 0 Å². The monoisotopic (exact) mass is 263 g/mol. The second kappa shape index (κ2) is 6.20. The van der Waals surface area contributed by atoms with E-state index in [0.717, 1.165) is 5.56 Å². The van der Waals surface area contributed by atoms with Crippen LogP contribution in [0.15, 0.2) is 18.2 Å². The number of hydrogen-bond acceptors (Lipinski definition) is 2. The lowest BCUT2D eigenvalue weighted by Gasteiger charge is -2.22. The van der Waals surface area contributed by atoms with E-state index >= 15 is 0 Å². The molecule has 0 fully saturated rings. The molecule has 1 aromatic rings. The van der Waals surface area contributed by atoms with Gasteiger partial charge >= 0.3 is 0 Å². The van der Waals surface area contributed by atoms with Crippen LogP contribution < -0.4 is 0 Å². The minimum absolute atomic E-state index is 0.0261. The number of amides is 1. The van der Waals surface area contributed by atoms with E-state index in [1.807, 2.05) is 0 Å². The van der Waals surface area contributed by atoms with Crippen LogP contribution in [-0.4, -0.2) is 29.6 Å². The molecular formula is C16H25NO2. The summed E-state index contributed by atoms with van der Waals surface area (Å²) in [7, 11) is 1.77. The predicted molar refractivity (Wildman–Crippen MR) is 78.1 cm³/mol. The van der Waals surface area contributed by atoms with Crippen molar-refractivity contribution in [2.24, 2.45) is 0 Å². The van der Waals surface area contributed by atoms with Crippen LogP contribution in [0, 0.1) is 6.92 Å². The van der Waals surface area contributed by atoms with Gasteiger partial charge < -0.3 is 10.0 Å². The van der Waals surface area contributed by atoms with Crippen molar-refractivity contribution < 1.29 is 9.90 Å². The Morgan fingerprint density at radius 3 is 2.42 bits per heavy atom. The number of aliphatic hydroxyl groups is 1. The van der Waals surface area contributed by atoms with Crippen molar-refractivity contribution in [3.05, 3.63) is 34.9 Å². The molecule has 1 aromatic carbocycles. The van der Waals surface area contributed by atoms with Crippen LogP contribution in [0.5, 0.6) is 0 Å². The van der Waals surface area contributed by atoms with E-state index in [9.17, 15) is 4.79 Å². The number of benzene rings is 1. The first kappa shape index (κ1) is 15.7. The predicted octanol–water partition coefficient (Wildman–Crippen LogP) is 2.63. The van der Waals surface area contributed by atoms with Crippen LogP contribution in [0.3, 0.4) is 0 Å². The van der Waals surface area contributed by atoms with Gasteiger partial charge in [-0.25, -0.2) is 0 Å². The average molecular weight is 263 g/mol. The maximum atomic E-state index is 11.7. The quantitative estimate of drug-likeness (QED) is 0.907. The van der Waals surface area contributed by atoms with E-state index in [2.05, 4.69) is 45.9 Å². The molecule has 1 rings (SSSR count). The lowest BCUT2D eigenvalue weighted by Crippen LogP contribution is -2.27. The Hall–Kier alpha value is -1.35. The van der Waals surface area contributed by atoms with Crippen molar-refractivity contribution in [1.29, 1.82) is 0 Å². The molecule has 0 aliphatic heterocycles. The number of carbonyl (C=O) groups excluding carboxylic acids is 1. The zero-order chi connectivity index (χ0) is 14.6. The van der Waals surface area contributed by atoms with Crippen LogP contribution in [0.2, 0.25) is 0 Å². The zero-order valence-electron chi connectivity index (χ0n) is 12.7. The van der Waals surface area contributed by atoms with Crippen molar-refractivity contribution in [3.63, 3.8) is 0 Å². The highest BCUT2D eigenvalue weighted by atomic mass is 16.3. The van der Waals surface area contributed by atoms with E-state index in [1.54, 1.807) is 11.9 Å². The van der Waals surface area contributed by atoms with Crippen LogP contribution in [0.1, 0.15) is 43.9 Å². The van der Waals surface area contributed by atoms with E-state index in [4.69, 9.17) is 5.11 Å². The van der Waals surface area contributed by atoms with E-state index < -0.39 is 0 Å². The SMILES string of the molecule is Cc1cc(C(C)(C)C)ccc1CN(C)C(=O)CCO. The summed E-state index contributed by atoms with van der Waals surface area (Å²) in [5.74, 6) is -0.0261. The second-order valence-corrected chi connectivity index (χ2v) is 6.11. The Morgan fingerprint density at radius 1 is 1.32 bits per heavy atom. The summed E-state index contributed by atoms with van der Waals surface area (Å²) in [5.41, 5.74) is 3.80. The Morgan fingerprint density at radius 2 is 1.95 bits per heavy atom. The number of hydrogen-bond donors (Lipinski definition) is 1. The van der Waals surface area contributed by atoms with Gasteiger partial charge in [0.2, 0.25) is 5.91 Å². The molecule has 3 heteroatoms. The third kappa shape index (κ3) is 4.35. The van der Waals surface area contributed by atoms with Gasteiger partial charge in [0.15, 0.2) is 0 Å². The first-order valence-corrected chi connectivity index (χ1v) is 6.70. The molecular weight excluding hydrogens is 238 g/mol. The van der Waals surface area contributed by atoms with Gasteiger partial charge in [-0.05, 0) is 29.0 Å². The first-order valence-electron chi connectivity index (χ1n) is 6.70. The minimum atomic E-state index is -0.0921. The largest absolute Gasteiger partial charge is 0.396 e. The third-order valence-corrected chi connectivity index (χ3v) is 3.37. The maximum absolute atomic E-state index is 11.7. The minimum Gasteiger partial charge on any atom is -0.396 e. The molecule has 1 N–H and O–H groups in total. The molecule has 0 heterocycles. The molecule has 0 saturated carbocycles. The van der Waals surface area contributed by atoms with Gasteiger partial charge in [0.05, 0.1) is 6.61 Å². The molecule has 0 aliphatic rings. The van der Waals surface area contributed by atoms with Gasteiger partial charge in [0.25, 0.3) is 0 Å². The highest BCUT2D eigenvalue weighted by Gasteiger charge is 2.15. The standard InChI is InChI=1S/C16H25NO2/c1-12-10-14(16(2,3)4)7-6-13(12)11-17(5)15(19)8-9-18/h6-7,10,18H,8-9,11H2,1-5H3. The fraction of sp³-hybridized carbons (Fsp3) is 0.562. The number of nitrogens with zero attached hydrogens (tertiary/aromatic N) is 1. The molecule has 0 bridgehead atoms. The molecule has 0 radical (unpaired) electrons. The smallest absolute Gasteiger partial charge is 0.224 e. The van der Waals surface area contributed by atoms with Gasteiger partial charge in [-0.1, -0.05) is 39.0 Å².